The Morgan fingerprint density at radius 1 is 0.607 bits per heavy atom. The van der Waals surface area contributed by atoms with Gasteiger partial charge in [0.05, 0.1) is 80.4 Å². The second-order valence-electron chi connectivity index (χ2n) is 11.5. The molecule has 0 radical (unpaired) electrons. The predicted molar refractivity (Wildman–Crippen MR) is 213 cm³/mol. The van der Waals surface area contributed by atoms with Crippen LogP contribution in [0.15, 0.2) is 119 Å². The smallest absolute Gasteiger partial charge is 0.870 e. The van der Waals surface area contributed by atoms with Crippen LogP contribution in [-0.2, 0) is 46.5 Å². The molecule has 6 aromatic rings. The second-order valence-corrected chi connectivity index (χ2v) is 11.5. The van der Waals surface area contributed by atoms with Crippen molar-refractivity contribution < 1.29 is 81.4 Å². The van der Waals surface area contributed by atoms with E-state index in [-0.39, 0.29) is 43.1 Å². The Hall–Kier alpha value is -8.08. The zero-order chi connectivity index (χ0) is 41.7. The van der Waals surface area contributed by atoms with Crippen molar-refractivity contribution >= 4 is 34.7 Å². The first kappa shape index (κ1) is 47.3. The summed E-state index contributed by atoms with van der Waals surface area (Å²) in [6, 6.07) is 24.5. The quantitative estimate of drug-likeness (QED) is 0.0405. The van der Waals surface area contributed by atoms with E-state index < -0.39 is 5.97 Å². The van der Waals surface area contributed by atoms with Gasteiger partial charge in [-0.3, -0.25) is 9.59 Å². The van der Waals surface area contributed by atoms with Gasteiger partial charge in [0.2, 0.25) is 0 Å². The summed E-state index contributed by atoms with van der Waals surface area (Å²) in [6.45, 7) is 0. The number of nitrogens with zero attached hydrogens (tertiary/aromatic N) is 2. The number of rotatable bonds is 16. The van der Waals surface area contributed by atoms with E-state index in [4.69, 9.17) is 42.8 Å². The summed E-state index contributed by atoms with van der Waals surface area (Å²) in [6.07, 6.45) is 15.3. The van der Waals surface area contributed by atoms with E-state index in [0.717, 1.165) is 16.7 Å². The van der Waals surface area contributed by atoms with Crippen LogP contribution in [0.2, 0.25) is 0 Å². The molecule has 6 N–H and O–H groups in total. The molecule has 4 aromatic carbocycles. The number of esters is 1. The van der Waals surface area contributed by atoms with Gasteiger partial charge in [0.15, 0.2) is 48.7 Å². The molecule has 0 amide bonds. The van der Waals surface area contributed by atoms with Gasteiger partial charge in [-0.2, -0.15) is 0 Å². The van der Waals surface area contributed by atoms with Gasteiger partial charge in [-0.1, -0.05) is 24.3 Å². The van der Waals surface area contributed by atoms with E-state index in [2.05, 4.69) is 61.1 Å². The molecule has 0 saturated heterocycles. The average molecular weight is 829 g/mol. The molecule has 0 aliphatic carbocycles. The molecular weight excluding hydrogens is 791 g/mol. The van der Waals surface area contributed by atoms with Crippen molar-refractivity contribution in [3.8, 4) is 58.6 Å². The molecule has 2 aromatic heterocycles. The average Bonchev–Trinajstić information content (AvgIpc) is 4.00. The Balaban J connectivity index is 0.000000315. The SMILES string of the molecule is COC(=O)Cc1cccc(NOC#CONc2ccc(-c3cnco3)c(OC)c2)c1.COc1cc(NOC#CONc2cccc(CC(=O)O)c2)ccc1-c1cnco1.[Li+].[OH-]. The Morgan fingerprint density at radius 3 is 1.38 bits per heavy atom. The molecule has 310 valence electrons. The zero-order valence-corrected chi connectivity index (χ0v) is 33.1. The number of methoxy groups -OCH3 is 3. The minimum atomic E-state index is -0.909. The van der Waals surface area contributed by atoms with Gasteiger partial charge in [0, 0.05) is 12.1 Å². The first-order valence-electron chi connectivity index (χ1n) is 17.1. The number of hydrogen-bond donors (Lipinski definition) is 5. The van der Waals surface area contributed by atoms with Gasteiger partial charge in [-0.25, -0.2) is 31.9 Å². The summed E-state index contributed by atoms with van der Waals surface area (Å²) in [5.74, 6) is 1.10. The minimum Gasteiger partial charge on any atom is -0.870 e. The molecule has 6 rings (SSSR count). The van der Waals surface area contributed by atoms with Crippen LogP contribution in [0.1, 0.15) is 11.1 Å². The van der Waals surface area contributed by atoms with E-state index in [1.165, 1.54) is 19.9 Å². The van der Waals surface area contributed by atoms with Crippen molar-refractivity contribution in [3.05, 3.63) is 121 Å². The fourth-order valence-electron chi connectivity index (χ4n) is 4.94. The van der Waals surface area contributed by atoms with Crippen LogP contribution >= 0.6 is 0 Å². The number of carbonyl (C=O) groups is 2. The van der Waals surface area contributed by atoms with Gasteiger partial charge < -0.3 is 53.0 Å². The van der Waals surface area contributed by atoms with Gasteiger partial charge >= 0.3 is 30.8 Å². The van der Waals surface area contributed by atoms with Crippen molar-refractivity contribution in [2.75, 3.05) is 43.2 Å². The van der Waals surface area contributed by atoms with E-state index in [9.17, 15) is 9.59 Å². The van der Waals surface area contributed by atoms with E-state index in [1.54, 1.807) is 105 Å². The van der Waals surface area contributed by atoms with Gasteiger partial charge in [-0.15, -0.1) is 0 Å². The van der Waals surface area contributed by atoms with E-state index in [1.807, 2.05) is 6.07 Å². The van der Waals surface area contributed by atoms with Crippen molar-refractivity contribution in [3.63, 3.8) is 0 Å². The van der Waals surface area contributed by atoms with Crippen molar-refractivity contribution in [2.24, 2.45) is 0 Å². The summed E-state index contributed by atoms with van der Waals surface area (Å²) in [4.78, 5) is 49.9. The number of aliphatic carboxylic acids is 1. The summed E-state index contributed by atoms with van der Waals surface area (Å²) in [5.41, 5.74) is 15.9. The number of ether oxygens (including phenoxy) is 3. The molecule has 0 atom stereocenters. The standard InChI is InChI=1S/C21H19N3O6.C20H17N3O6.Li.H2O/c1-26-19-12-17(6-7-18(19)20-13-22-14-28-20)24-30-9-8-29-23-16-5-3-4-15(10-16)11-21(25)27-2;1-26-18-11-16(5-6-17(18)19-12-21-13-27-19)23-29-8-7-28-22-15-4-2-3-14(9-15)10-20(24)25;;/h3-7,10,12-14,23-24H,11H2,1-2H3;2-6,9,11-13,22-23H,10H2,1H3,(H,24,25);;1H2/q;;+1;/p-1. The number of carboxylic acids is 1. The Labute approximate surface area is 360 Å². The summed E-state index contributed by atoms with van der Waals surface area (Å²) >= 11 is 0. The van der Waals surface area contributed by atoms with Crippen molar-refractivity contribution in [2.45, 2.75) is 12.8 Å². The number of benzene rings is 4. The van der Waals surface area contributed by atoms with Crippen molar-refractivity contribution in [1.82, 2.24) is 9.97 Å². The Kier molecular flexibility index (Phi) is 19.6. The summed E-state index contributed by atoms with van der Waals surface area (Å²) in [7, 11) is 4.45. The van der Waals surface area contributed by atoms with Crippen molar-refractivity contribution in [1.29, 1.82) is 0 Å². The summed E-state index contributed by atoms with van der Waals surface area (Å²) in [5, 5.41) is 8.81. The third kappa shape index (κ3) is 15.3. The first-order valence-corrected chi connectivity index (χ1v) is 17.1. The molecule has 2 heterocycles. The summed E-state index contributed by atoms with van der Waals surface area (Å²) < 4.78 is 25.9. The number of carbonyl (C=O) groups excluding carboxylic acids is 1. The molecule has 61 heavy (non-hydrogen) atoms. The van der Waals surface area contributed by atoms with E-state index in [0.29, 0.717) is 51.3 Å². The fourth-order valence-corrected chi connectivity index (χ4v) is 4.94. The molecular formula is C41H37LiN6O13. The number of nitrogens with one attached hydrogen (secondary N) is 4. The minimum absolute atomic E-state index is 0. The molecule has 0 spiro atoms. The van der Waals surface area contributed by atoms with Crippen LogP contribution < -0.4 is 50.3 Å². The maximum atomic E-state index is 11.3. The Morgan fingerprint density at radius 2 is 1.02 bits per heavy atom. The number of anilines is 4. The van der Waals surface area contributed by atoms with Crippen LogP contribution in [0, 0.1) is 24.4 Å². The number of oxazole rings is 2. The Bertz CT molecular complexity index is 2410. The van der Waals surface area contributed by atoms with Crippen LogP contribution in [0.25, 0.3) is 22.6 Å². The molecule has 0 aliphatic heterocycles. The second kappa shape index (κ2) is 25.3. The van der Waals surface area contributed by atoms with Crippen LogP contribution in [0.3, 0.4) is 0 Å². The predicted octanol–water partition coefficient (Wildman–Crippen LogP) is 3.48. The van der Waals surface area contributed by atoms with Crippen LogP contribution in [-0.4, -0.2) is 53.8 Å². The van der Waals surface area contributed by atoms with Crippen LogP contribution in [0.4, 0.5) is 22.7 Å². The van der Waals surface area contributed by atoms with Crippen LogP contribution in [0.5, 0.6) is 11.5 Å². The van der Waals surface area contributed by atoms with Gasteiger partial charge in [-0.05, 0) is 59.7 Å². The zero-order valence-electron chi connectivity index (χ0n) is 33.1. The largest absolute Gasteiger partial charge is 1.00 e. The molecule has 0 saturated carbocycles. The molecule has 0 aliphatic rings. The molecule has 0 unspecified atom stereocenters. The number of carboxylic acid groups (broad SMARTS) is 1. The van der Waals surface area contributed by atoms with E-state index >= 15 is 0 Å². The fraction of sp³-hybridized carbons (Fsp3) is 0.122. The first-order chi connectivity index (χ1) is 28.8. The monoisotopic (exact) mass is 828 g/mol. The maximum absolute atomic E-state index is 11.3. The number of hydrogen-bond acceptors (Lipinski definition) is 18. The third-order valence-corrected chi connectivity index (χ3v) is 7.55. The van der Waals surface area contributed by atoms with Gasteiger partial charge in [0.1, 0.15) is 11.5 Å². The molecule has 0 bridgehead atoms. The normalized spacial score (nSPS) is 9.36. The maximum Gasteiger partial charge on any atom is 1.00 e. The third-order valence-electron chi connectivity index (χ3n) is 7.55. The topological polar surface area (TPSA) is 249 Å². The molecule has 0 fully saturated rings. The molecule has 19 nitrogen and oxygen atoms in total. The van der Waals surface area contributed by atoms with Gasteiger partial charge in [0.25, 0.3) is 0 Å². The molecule has 20 heteroatoms. The number of aromatic nitrogens is 2.